The topological polar surface area (TPSA) is 61.4 Å². The number of amides is 2. The van der Waals surface area contributed by atoms with E-state index in [0.717, 1.165) is 25.9 Å². The number of fused-ring (bicyclic) bond motifs is 1. The van der Waals surface area contributed by atoms with E-state index in [1.807, 2.05) is 18.2 Å². The predicted octanol–water partition coefficient (Wildman–Crippen LogP) is 2.10. The summed E-state index contributed by atoms with van der Waals surface area (Å²) in [6, 6.07) is 6.48. The first-order chi connectivity index (χ1) is 11.6. The second-order valence-corrected chi connectivity index (χ2v) is 6.93. The SMILES string of the molecule is CC1CCCCN1CCNC(=O)C(=O)Nc1ccc2c(c1)CCC2. The number of likely N-dealkylation sites (tertiary alicyclic amines) is 1. The maximum absolute atomic E-state index is 12.0. The molecule has 1 heterocycles. The molecule has 2 aliphatic rings. The van der Waals surface area contributed by atoms with E-state index in [2.05, 4.69) is 22.5 Å². The van der Waals surface area contributed by atoms with Gasteiger partial charge in [-0.15, -0.1) is 0 Å². The number of piperidine rings is 1. The number of nitrogens with one attached hydrogen (secondary N) is 2. The average Bonchev–Trinajstić information content (AvgIpc) is 3.04. The van der Waals surface area contributed by atoms with E-state index in [0.29, 0.717) is 18.3 Å². The Morgan fingerprint density at radius 1 is 1.12 bits per heavy atom. The lowest BCUT2D eigenvalue weighted by atomic mass is 10.0. The Bertz CT molecular complexity index is 615. The zero-order valence-corrected chi connectivity index (χ0v) is 14.4. The summed E-state index contributed by atoms with van der Waals surface area (Å²) >= 11 is 0. The van der Waals surface area contributed by atoms with Crippen LogP contribution < -0.4 is 10.6 Å². The van der Waals surface area contributed by atoms with Crippen LogP contribution in [0.25, 0.3) is 0 Å². The molecule has 1 aromatic rings. The molecule has 2 N–H and O–H groups in total. The van der Waals surface area contributed by atoms with Gasteiger partial charge in [-0.1, -0.05) is 12.5 Å². The molecule has 2 amide bonds. The highest BCUT2D eigenvalue weighted by atomic mass is 16.2. The first kappa shape index (κ1) is 17.0. The highest BCUT2D eigenvalue weighted by Crippen LogP contribution is 2.24. The summed E-state index contributed by atoms with van der Waals surface area (Å²) in [5.41, 5.74) is 3.35. The van der Waals surface area contributed by atoms with Gasteiger partial charge in [-0.3, -0.25) is 14.5 Å². The molecule has 0 spiro atoms. The largest absolute Gasteiger partial charge is 0.347 e. The molecule has 0 radical (unpaired) electrons. The number of hydrogen-bond donors (Lipinski definition) is 2. The van der Waals surface area contributed by atoms with Gasteiger partial charge in [0.1, 0.15) is 0 Å². The van der Waals surface area contributed by atoms with Crippen LogP contribution in [0.2, 0.25) is 0 Å². The van der Waals surface area contributed by atoms with Crippen molar-refractivity contribution in [2.24, 2.45) is 0 Å². The zero-order chi connectivity index (χ0) is 16.9. The van der Waals surface area contributed by atoms with Crippen molar-refractivity contribution in [2.45, 2.75) is 51.5 Å². The lowest BCUT2D eigenvalue weighted by Crippen LogP contribution is -2.44. The van der Waals surface area contributed by atoms with E-state index in [1.54, 1.807) is 0 Å². The molecule has 24 heavy (non-hydrogen) atoms. The molecule has 1 aliphatic carbocycles. The Balaban J connectivity index is 1.44. The fourth-order valence-electron chi connectivity index (χ4n) is 3.72. The molecule has 0 bridgehead atoms. The Morgan fingerprint density at radius 3 is 2.79 bits per heavy atom. The van der Waals surface area contributed by atoms with Crippen molar-refractivity contribution >= 4 is 17.5 Å². The fourth-order valence-corrected chi connectivity index (χ4v) is 3.72. The summed E-state index contributed by atoms with van der Waals surface area (Å²) in [5.74, 6) is -1.14. The van der Waals surface area contributed by atoms with Crippen molar-refractivity contribution in [1.29, 1.82) is 0 Å². The van der Waals surface area contributed by atoms with Gasteiger partial charge in [-0.2, -0.15) is 0 Å². The highest BCUT2D eigenvalue weighted by molar-refractivity contribution is 6.39. The molecule has 1 unspecified atom stereocenters. The standard InChI is InChI=1S/C19H27N3O2/c1-14-5-2-3-11-22(14)12-10-20-18(23)19(24)21-17-9-8-15-6-4-7-16(15)13-17/h8-9,13-14H,2-7,10-12H2,1H3,(H,20,23)(H,21,24). The third-order valence-electron chi connectivity index (χ3n) is 5.19. The van der Waals surface area contributed by atoms with Gasteiger partial charge in [0, 0.05) is 24.8 Å². The quantitative estimate of drug-likeness (QED) is 0.832. The summed E-state index contributed by atoms with van der Waals surface area (Å²) in [5, 5.41) is 5.43. The monoisotopic (exact) mass is 329 g/mol. The summed E-state index contributed by atoms with van der Waals surface area (Å²) < 4.78 is 0. The van der Waals surface area contributed by atoms with E-state index in [9.17, 15) is 9.59 Å². The van der Waals surface area contributed by atoms with Crippen LogP contribution in [-0.4, -0.2) is 42.4 Å². The number of carbonyl (C=O) groups excluding carboxylic acids is 2. The van der Waals surface area contributed by atoms with Gasteiger partial charge >= 0.3 is 11.8 Å². The normalized spacial score (nSPS) is 20.5. The second-order valence-electron chi connectivity index (χ2n) is 6.93. The van der Waals surface area contributed by atoms with Crippen LogP contribution in [0.15, 0.2) is 18.2 Å². The summed E-state index contributed by atoms with van der Waals surface area (Å²) in [6.07, 6.45) is 7.05. The number of hydrogen-bond acceptors (Lipinski definition) is 3. The third-order valence-corrected chi connectivity index (χ3v) is 5.19. The van der Waals surface area contributed by atoms with Gasteiger partial charge in [0.2, 0.25) is 0 Å². The molecule has 1 fully saturated rings. The van der Waals surface area contributed by atoms with Crippen LogP contribution >= 0.6 is 0 Å². The molecular formula is C19H27N3O2. The van der Waals surface area contributed by atoms with Crippen molar-refractivity contribution in [3.63, 3.8) is 0 Å². The van der Waals surface area contributed by atoms with Gasteiger partial charge in [-0.05, 0) is 68.8 Å². The van der Waals surface area contributed by atoms with Gasteiger partial charge < -0.3 is 10.6 Å². The molecule has 3 rings (SSSR count). The Labute approximate surface area is 143 Å². The van der Waals surface area contributed by atoms with Crippen LogP contribution in [0, 0.1) is 0 Å². The molecular weight excluding hydrogens is 302 g/mol. The molecule has 5 heteroatoms. The van der Waals surface area contributed by atoms with E-state index in [-0.39, 0.29) is 0 Å². The first-order valence-electron chi connectivity index (χ1n) is 9.08. The minimum Gasteiger partial charge on any atom is -0.347 e. The number of rotatable bonds is 4. The number of nitrogens with zero attached hydrogens (tertiary/aromatic N) is 1. The number of aryl methyl sites for hydroxylation is 2. The number of benzene rings is 1. The average molecular weight is 329 g/mol. The van der Waals surface area contributed by atoms with Gasteiger partial charge in [-0.25, -0.2) is 0 Å². The summed E-state index contributed by atoms with van der Waals surface area (Å²) in [6.45, 7) is 4.62. The van der Waals surface area contributed by atoms with Crippen LogP contribution in [0.1, 0.15) is 43.7 Å². The van der Waals surface area contributed by atoms with Crippen molar-refractivity contribution in [1.82, 2.24) is 10.2 Å². The van der Waals surface area contributed by atoms with Crippen LogP contribution in [-0.2, 0) is 22.4 Å². The first-order valence-corrected chi connectivity index (χ1v) is 9.08. The highest BCUT2D eigenvalue weighted by Gasteiger charge is 2.19. The molecule has 1 aromatic carbocycles. The van der Waals surface area contributed by atoms with Crippen LogP contribution in [0.3, 0.4) is 0 Å². The molecule has 0 aromatic heterocycles. The van der Waals surface area contributed by atoms with Crippen molar-refractivity contribution in [3.8, 4) is 0 Å². The lowest BCUT2D eigenvalue weighted by molar-refractivity contribution is -0.136. The minimum absolute atomic E-state index is 0.515. The third kappa shape index (κ3) is 4.15. The molecule has 1 saturated heterocycles. The molecule has 1 aliphatic heterocycles. The number of carbonyl (C=O) groups is 2. The lowest BCUT2D eigenvalue weighted by Gasteiger charge is -2.33. The maximum atomic E-state index is 12.0. The van der Waals surface area contributed by atoms with E-state index >= 15 is 0 Å². The fraction of sp³-hybridized carbons (Fsp3) is 0.579. The van der Waals surface area contributed by atoms with E-state index in [1.165, 1.54) is 36.8 Å². The molecule has 130 valence electrons. The van der Waals surface area contributed by atoms with Crippen molar-refractivity contribution in [3.05, 3.63) is 29.3 Å². The van der Waals surface area contributed by atoms with Gasteiger partial charge in [0.05, 0.1) is 0 Å². The van der Waals surface area contributed by atoms with E-state index < -0.39 is 11.8 Å². The Hall–Kier alpha value is -1.88. The summed E-state index contributed by atoms with van der Waals surface area (Å²) in [7, 11) is 0. The smallest absolute Gasteiger partial charge is 0.313 e. The van der Waals surface area contributed by atoms with Crippen LogP contribution in [0.4, 0.5) is 5.69 Å². The predicted molar refractivity (Wildman–Crippen MR) is 95.0 cm³/mol. The molecule has 5 nitrogen and oxygen atoms in total. The van der Waals surface area contributed by atoms with Crippen molar-refractivity contribution in [2.75, 3.05) is 25.0 Å². The minimum atomic E-state index is -0.584. The zero-order valence-electron chi connectivity index (χ0n) is 14.4. The second kappa shape index (κ2) is 7.79. The molecule has 1 atom stereocenters. The Morgan fingerprint density at radius 2 is 1.96 bits per heavy atom. The molecule has 0 saturated carbocycles. The summed E-state index contributed by atoms with van der Waals surface area (Å²) in [4.78, 5) is 26.4. The van der Waals surface area contributed by atoms with Gasteiger partial charge in [0.15, 0.2) is 0 Å². The maximum Gasteiger partial charge on any atom is 0.313 e. The van der Waals surface area contributed by atoms with Gasteiger partial charge in [0.25, 0.3) is 0 Å². The van der Waals surface area contributed by atoms with Crippen LogP contribution in [0.5, 0.6) is 0 Å². The van der Waals surface area contributed by atoms with Crippen molar-refractivity contribution < 1.29 is 9.59 Å². The number of anilines is 1. The Kier molecular flexibility index (Phi) is 5.51. The van der Waals surface area contributed by atoms with E-state index in [4.69, 9.17) is 0 Å².